The van der Waals surface area contributed by atoms with Crippen LogP contribution in [-0.4, -0.2) is 36.5 Å². The van der Waals surface area contributed by atoms with Crippen LogP contribution in [0.4, 0.5) is 11.4 Å². The van der Waals surface area contributed by atoms with Gasteiger partial charge in [0.1, 0.15) is 23.4 Å². The van der Waals surface area contributed by atoms with Gasteiger partial charge in [0.05, 0.1) is 26.1 Å². The zero-order valence-corrected chi connectivity index (χ0v) is 17.6. The monoisotopic (exact) mass is 439 g/mol. The molecular weight excluding hydrogens is 418 g/mol. The van der Waals surface area contributed by atoms with Crippen LogP contribution in [0.2, 0.25) is 0 Å². The number of amidine groups is 1. The lowest BCUT2D eigenvalue weighted by molar-refractivity contribution is -2.00. The van der Waals surface area contributed by atoms with E-state index >= 15 is 0 Å². The molecule has 0 aliphatic carbocycles. The third-order valence-corrected chi connectivity index (χ3v) is 4.66. The Labute approximate surface area is 175 Å². The fraction of sp³-hybridized carbons (Fsp3) is 0.316. The van der Waals surface area contributed by atoms with E-state index in [0.29, 0.717) is 5.92 Å². The summed E-state index contributed by atoms with van der Waals surface area (Å²) >= 11 is 0. The summed E-state index contributed by atoms with van der Waals surface area (Å²) in [4.78, 5) is 12.8. The van der Waals surface area contributed by atoms with Gasteiger partial charge >= 0.3 is 0 Å². The van der Waals surface area contributed by atoms with Gasteiger partial charge in [-0.25, -0.2) is 23.5 Å². The summed E-state index contributed by atoms with van der Waals surface area (Å²) in [6, 6.07) is 15.0. The quantitative estimate of drug-likeness (QED) is 0.324. The molecule has 10 nitrogen and oxygen atoms in total. The second kappa shape index (κ2) is 9.37. The van der Waals surface area contributed by atoms with Gasteiger partial charge in [0.2, 0.25) is 0 Å². The Bertz CT molecular complexity index is 901. The number of nitro groups is 1. The molecule has 11 heteroatoms. The van der Waals surface area contributed by atoms with Crippen LogP contribution < -0.4 is 28.3 Å². The van der Waals surface area contributed by atoms with E-state index < -0.39 is 10.2 Å². The van der Waals surface area contributed by atoms with E-state index in [9.17, 15) is 10.1 Å². The van der Waals surface area contributed by atoms with Crippen LogP contribution in [0, 0.1) is 26.3 Å². The molecule has 162 valence electrons. The van der Waals surface area contributed by atoms with Crippen LogP contribution in [0.5, 0.6) is 5.75 Å². The fourth-order valence-corrected chi connectivity index (χ4v) is 3.53. The van der Waals surface area contributed by atoms with Crippen molar-refractivity contribution in [2.75, 3.05) is 26.1 Å². The summed E-state index contributed by atoms with van der Waals surface area (Å²) in [6.45, 7) is 2.20. The lowest BCUT2D eigenvalue weighted by Crippen LogP contribution is -2.68. The Balaban J connectivity index is 0.000000575. The van der Waals surface area contributed by atoms with Gasteiger partial charge in [0.25, 0.3) is 11.5 Å². The highest BCUT2D eigenvalue weighted by Crippen LogP contribution is 2.44. The van der Waals surface area contributed by atoms with Gasteiger partial charge in [0, 0.05) is 12.1 Å². The molecule has 0 unspecified atom stereocenters. The van der Waals surface area contributed by atoms with Crippen molar-refractivity contribution in [3.05, 3.63) is 64.2 Å². The molecule has 2 aromatic carbocycles. The number of halogens is 1. The highest BCUT2D eigenvalue weighted by Gasteiger charge is 2.52. The Kier molecular flexibility index (Phi) is 7.34. The number of nitro benzene ring substituents is 1. The van der Waals surface area contributed by atoms with E-state index in [1.165, 1.54) is 11.4 Å². The zero-order valence-electron chi connectivity index (χ0n) is 16.9. The summed E-state index contributed by atoms with van der Waals surface area (Å²) in [5, 5.41) is 10.9. The summed E-state index contributed by atoms with van der Waals surface area (Å²) < 4.78 is 41.3. The minimum atomic E-state index is -4.94. The maximum Gasteiger partial charge on any atom is 0.269 e. The Morgan fingerprint density at radius 1 is 0.967 bits per heavy atom. The first-order valence-electron chi connectivity index (χ1n) is 8.77. The van der Waals surface area contributed by atoms with Crippen molar-refractivity contribution >= 4 is 17.2 Å². The smallest absolute Gasteiger partial charge is 0.269 e. The van der Waals surface area contributed by atoms with Crippen molar-refractivity contribution in [2.24, 2.45) is 5.92 Å². The maximum absolute atomic E-state index is 10.9. The molecule has 0 N–H and O–H groups in total. The average Bonchev–Trinajstić information content (AvgIpc) is 2.65. The van der Waals surface area contributed by atoms with Crippen molar-refractivity contribution < 1.29 is 43.1 Å². The van der Waals surface area contributed by atoms with E-state index in [0.717, 1.165) is 11.4 Å². The fourth-order valence-electron chi connectivity index (χ4n) is 3.53. The van der Waals surface area contributed by atoms with E-state index in [1.807, 2.05) is 38.4 Å². The number of ether oxygens (including phenoxy) is 1. The summed E-state index contributed by atoms with van der Waals surface area (Å²) in [5.74, 6) is 2.36. The molecule has 0 aromatic heterocycles. The molecule has 1 aliphatic heterocycles. The van der Waals surface area contributed by atoms with Gasteiger partial charge in [-0.15, -0.1) is 10.2 Å². The predicted molar refractivity (Wildman–Crippen MR) is 97.6 cm³/mol. The molecule has 0 bridgehead atoms. The molecule has 0 saturated carbocycles. The van der Waals surface area contributed by atoms with E-state index in [2.05, 4.69) is 28.5 Å². The highest BCUT2D eigenvalue weighted by atomic mass is 35.7. The summed E-state index contributed by atoms with van der Waals surface area (Å²) in [7, 11) is 0.755. The minimum Gasteiger partial charge on any atom is -0.497 e. The van der Waals surface area contributed by atoms with Crippen molar-refractivity contribution in [3.8, 4) is 5.75 Å². The first-order chi connectivity index (χ1) is 13.9. The first kappa shape index (κ1) is 23.5. The number of non-ortho nitro benzene ring substituents is 1. The molecule has 0 radical (unpaired) electrons. The molecule has 2 atom stereocenters. The van der Waals surface area contributed by atoms with Crippen molar-refractivity contribution in [3.63, 3.8) is 0 Å². The number of hydrogen-bond acceptors (Lipinski definition) is 7. The molecule has 1 fully saturated rings. The molecule has 1 saturated heterocycles. The Morgan fingerprint density at radius 3 is 1.87 bits per heavy atom. The van der Waals surface area contributed by atoms with E-state index in [1.54, 1.807) is 19.2 Å². The van der Waals surface area contributed by atoms with Gasteiger partial charge in [-0.1, -0.05) is 12.1 Å². The second-order valence-electron chi connectivity index (χ2n) is 6.78. The number of anilines is 1. The molecule has 2 aromatic rings. The lowest BCUT2D eigenvalue weighted by Gasteiger charge is -2.42. The molecule has 0 amide bonds. The normalized spacial score (nSPS) is 18.1. The van der Waals surface area contributed by atoms with Gasteiger partial charge in [-0.05, 0) is 36.8 Å². The summed E-state index contributed by atoms with van der Waals surface area (Å²) in [6.07, 6.45) is 0. The number of hydrogen-bond donors (Lipinski definition) is 0. The number of methoxy groups -OCH3 is 1. The van der Waals surface area contributed by atoms with Crippen molar-refractivity contribution in [2.45, 2.75) is 13.0 Å². The van der Waals surface area contributed by atoms with Crippen LogP contribution in [0.3, 0.4) is 0 Å². The molecular formula is C19H22ClN3O7. The van der Waals surface area contributed by atoms with Crippen LogP contribution >= 0.6 is 0 Å². The maximum atomic E-state index is 10.9. The van der Waals surface area contributed by atoms with Crippen molar-refractivity contribution in [1.82, 2.24) is 0 Å². The molecule has 0 spiro atoms. The summed E-state index contributed by atoms with van der Waals surface area (Å²) in [5.41, 5.74) is 2.25. The third-order valence-electron chi connectivity index (χ3n) is 4.66. The van der Waals surface area contributed by atoms with Gasteiger partial charge in [-0.2, -0.15) is 0 Å². The van der Waals surface area contributed by atoms with Gasteiger partial charge in [0.15, 0.2) is 0 Å². The van der Waals surface area contributed by atoms with Crippen LogP contribution in [0.1, 0.15) is 18.5 Å². The number of benzene rings is 2. The lowest BCUT2D eigenvalue weighted by atomic mass is 9.82. The SMILES string of the molecule is COc1ccc([C@@H]2[C@H](C)C(=[N+](C)C)N2c2ccc([N+](=O)[O-])cc2)cc1.[O-][Cl+3]([O-])([O-])[O-]. The van der Waals surface area contributed by atoms with Crippen LogP contribution in [0.15, 0.2) is 48.5 Å². The minimum absolute atomic E-state index is 0.102. The zero-order chi connectivity index (χ0) is 22.6. The Hall–Kier alpha value is -2.76. The molecule has 1 aliphatic rings. The predicted octanol–water partition coefficient (Wildman–Crippen LogP) is -1.28. The van der Waals surface area contributed by atoms with Crippen molar-refractivity contribution in [1.29, 1.82) is 0 Å². The molecule has 1 heterocycles. The second-order valence-corrected chi connectivity index (χ2v) is 7.54. The van der Waals surface area contributed by atoms with E-state index in [4.69, 9.17) is 23.4 Å². The van der Waals surface area contributed by atoms with E-state index in [-0.39, 0.29) is 16.7 Å². The van der Waals surface area contributed by atoms with Gasteiger partial charge < -0.3 is 4.74 Å². The third kappa shape index (κ3) is 5.65. The Morgan fingerprint density at radius 2 is 1.47 bits per heavy atom. The van der Waals surface area contributed by atoms with Gasteiger partial charge in [-0.3, -0.25) is 14.7 Å². The molecule has 30 heavy (non-hydrogen) atoms. The number of nitrogens with zero attached hydrogens (tertiary/aromatic N) is 3. The largest absolute Gasteiger partial charge is 0.497 e. The highest BCUT2D eigenvalue weighted by molar-refractivity contribution is 6.03. The topological polar surface area (TPSA) is 151 Å². The first-order valence-corrected chi connectivity index (χ1v) is 10.0. The standard InChI is InChI=1S/C19H22N3O3.ClHO4/c1-13-18(14-5-11-17(25-4)12-6-14)21(19(13)20(2)3)15-7-9-16(10-8-15)22(23)24;2-1(3,4)5/h5-13,18H,1-4H3;(H,2,3,4,5)/q+1;/p-1/t13-,18-;/m0./s1. The van der Waals surface area contributed by atoms with Crippen LogP contribution in [0.25, 0.3) is 0 Å². The molecule has 3 rings (SSSR count). The average molecular weight is 440 g/mol. The van der Waals surface area contributed by atoms with Crippen LogP contribution in [-0.2, 0) is 0 Å². The number of rotatable bonds is 4.